The van der Waals surface area contributed by atoms with Crippen LogP contribution in [0.1, 0.15) is 75.0 Å². The van der Waals surface area contributed by atoms with Crippen LogP contribution >= 0.6 is 0 Å². The molecule has 1 heterocycles. The predicted octanol–water partition coefficient (Wildman–Crippen LogP) is 2.55. The van der Waals surface area contributed by atoms with Crippen molar-refractivity contribution in [2.24, 2.45) is 0 Å². The summed E-state index contributed by atoms with van der Waals surface area (Å²) in [6, 6.07) is 1.65. The molecular weight excluding hydrogens is 338 g/mol. The van der Waals surface area contributed by atoms with Crippen molar-refractivity contribution in [3.63, 3.8) is 0 Å². The summed E-state index contributed by atoms with van der Waals surface area (Å²) in [6.45, 7) is 6.25. The predicted molar refractivity (Wildman–Crippen MR) is 97.6 cm³/mol. The second kappa shape index (κ2) is 6.11. The first-order valence-corrected chi connectivity index (χ1v) is 11.0. The molecule has 25 heavy (non-hydrogen) atoms. The number of sulfone groups is 1. The number of carbonyl (C=O) groups is 1. The number of nitrogens with zero attached hydrogens (tertiary/aromatic N) is 3. The van der Waals surface area contributed by atoms with Crippen molar-refractivity contribution in [3.05, 3.63) is 17.5 Å². The van der Waals surface area contributed by atoms with Gasteiger partial charge in [0.15, 0.2) is 15.5 Å². The van der Waals surface area contributed by atoms with Gasteiger partial charge in [-0.2, -0.15) is 5.10 Å². The number of carbonyl (C=O) groups excluding carboxylic acids is 1. The number of aromatic nitrogens is 2. The fourth-order valence-corrected chi connectivity index (χ4v) is 5.37. The molecule has 2 unspecified atom stereocenters. The Kier molecular flexibility index (Phi) is 4.50. The van der Waals surface area contributed by atoms with Crippen LogP contribution in [-0.2, 0) is 15.4 Å². The lowest BCUT2D eigenvalue weighted by Gasteiger charge is -2.28. The molecule has 2 atom stereocenters. The van der Waals surface area contributed by atoms with Gasteiger partial charge in [0.2, 0.25) is 0 Å². The minimum absolute atomic E-state index is 0.176. The van der Waals surface area contributed by atoms with E-state index in [4.69, 9.17) is 0 Å². The minimum Gasteiger partial charge on any atom is -0.336 e. The summed E-state index contributed by atoms with van der Waals surface area (Å²) in [5.41, 5.74) is 1.37. The van der Waals surface area contributed by atoms with Gasteiger partial charge in [0, 0.05) is 31.0 Å². The normalized spacial score (nSPS) is 24.5. The van der Waals surface area contributed by atoms with Crippen molar-refractivity contribution in [2.75, 3.05) is 13.3 Å². The number of rotatable bonds is 4. The Hall–Kier alpha value is -1.37. The first-order valence-electron chi connectivity index (χ1n) is 9.06. The van der Waals surface area contributed by atoms with Crippen LogP contribution in [0.2, 0.25) is 0 Å². The van der Waals surface area contributed by atoms with Gasteiger partial charge in [-0.25, -0.2) is 8.42 Å². The maximum atomic E-state index is 13.0. The van der Waals surface area contributed by atoms with Crippen molar-refractivity contribution in [3.8, 4) is 0 Å². The molecule has 1 aromatic heterocycles. The zero-order valence-corrected chi connectivity index (χ0v) is 16.6. The van der Waals surface area contributed by atoms with Gasteiger partial charge in [-0.3, -0.25) is 9.48 Å². The largest absolute Gasteiger partial charge is 0.336 e. The molecule has 140 valence electrons. The van der Waals surface area contributed by atoms with E-state index in [9.17, 15) is 13.2 Å². The van der Waals surface area contributed by atoms with Crippen LogP contribution < -0.4 is 0 Å². The Morgan fingerprint density at radius 1 is 1.24 bits per heavy atom. The van der Waals surface area contributed by atoms with Gasteiger partial charge in [0.1, 0.15) is 0 Å². The smallest absolute Gasteiger partial charge is 0.274 e. The molecule has 2 aliphatic carbocycles. The molecule has 2 fully saturated rings. The van der Waals surface area contributed by atoms with Gasteiger partial charge in [-0.05, 0) is 58.9 Å². The lowest BCUT2D eigenvalue weighted by Crippen LogP contribution is -2.44. The molecule has 0 aliphatic heterocycles. The van der Waals surface area contributed by atoms with E-state index in [-0.39, 0.29) is 17.5 Å². The molecule has 6 nitrogen and oxygen atoms in total. The van der Waals surface area contributed by atoms with E-state index in [2.05, 4.69) is 25.9 Å². The van der Waals surface area contributed by atoms with E-state index in [1.807, 2.05) is 10.7 Å². The summed E-state index contributed by atoms with van der Waals surface area (Å²) >= 11 is 0. The van der Waals surface area contributed by atoms with E-state index < -0.39 is 15.1 Å². The Labute approximate surface area is 150 Å². The molecule has 0 radical (unpaired) electrons. The van der Waals surface area contributed by atoms with Crippen LogP contribution in [0.15, 0.2) is 6.07 Å². The maximum Gasteiger partial charge on any atom is 0.274 e. The van der Waals surface area contributed by atoms with Gasteiger partial charge >= 0.3 is 0 Å². The maximum absolute atomic E-state index is 13.0. The highest BCUT2D eigenvalue weighted by molar-refractivity contribution is 7.91. The zero-order chi connectivity index (χ0) is 18.6. The Bertz CT molecular complexity index is 772. The topological polar surface area (TPSA) is 72.3 Å². The molecule has 2 saturated carbocycles. The Balaban J connectivity index is 1.88. The third kappa shape index (κ3) is 3.61. The highest BCUT2D eigenvalue weighted by Gasteiger charge is 2.40. The van der Waals surface area contributed by atoms with Crippen molar-refractivity contribution in [1.29, 1.82) is 0 Å². The standard InChI is InChI=1S/C18H29N3O3S/c1-18(2,3)21-15(12-9-10-12)11-13(19-21)17(22)20(4)14-7-6-8-16(14)25(5,23)24/h11-12,14,16H,6-10H2,1-5H3. The Morgan fingerprint density at radius 3 is 2.40 bits per heavy atom. The molecule has 2 aliphatic rings. The summed E-state index contributed by atoms with van der Waals surface area (Å²) in [4.78, 5) is 14.6. The van der Waals surface area contributed by atoms with Crippen LogP contribution in [-0.4, -0.2) is 53.6 Å². The highest BCUT2D eigenvalue weighted by Crippen LogP contribution is 2.42. The summed E-state index contributed by atoms with van der Waals surface area (Å²) < 4.78 is 26.0. The van der Waals surface area contributed by atoms with Gasteiger partial charge in [-0.1, -0.05) is 0 Å². The number of hydrogen-bond donors (Lipinski definition) is 0. The van der Waals surface area contributed by atoms with E-state index in [1.165, 1.54) is 6.26 Å². The van der Waals surface area contributed by atoms with E-state index in [1.54, 1.807) is 11.9 Å². The molecule has 3 rings (SSSR count). The summed E-state index contributed by atoms with van der Waals surface area (Å²) in [6.07, 6.45) is 5.76. The minimum atomic E-state index is -3.16. The van der Waals surface area contributed by atoms with Crippen molar-refractivity contribution in [2.45, 2.75) is 75.6 Å². The molecule has 0 N–H and O–H groups in total. The van der Waals surface area contributed by atoms with E-state index >= 15 is 0 Å². The lowest BCUT2D eigenvalue weighted by molar-refractivity contribution is 0.0729. The van der Waals surface area contributed by atoms with Crippen LogP contribution in [0.25, 0.3) is 0 Å². The number of amides is 1. The van der Waals surface area contributed by atoms with Crippen LogP contribution in [0.4, 0.5) is 0 Å². The SMILES string of the molecule is CN(C(=O)c1cc(C2CC2)n(C(C)(C)C)n1)C1CCCC1S(C)(=O)=O. The van der Waals surface area contributed by atoms with E-state index in [0.717, 1.165) is 31.4 Å². The van der Waals surface area contributed by atoms with Gasteiger partial charge in [0.05, 0.1) is 10.8 Å². The fraction of sp³-hybridized carbons (Fsp3) is 0.778. The lowest BCUT2D eigenvalue weighted by atomic mass is 10.1. The second-order valence-corrected chi connectivity index (χ2v) is 10.9. The quantitative estimate of drug-likeness (QED) is 0.820. The second-order valence-electron chi connectivity index (χ2n) is 8.59. The summed E-state index contributed by atoms with van der Waals surface area (Å²) in [7, 11) is -1.45. The number of hydrogen-bond acceptors (Lipinski definition) is 4. The van der Waals surface area contributed by atoms with Gasteiger partial charge < -0.3 is 4.90 Å². The summed E-state index contributed by atoms with van der Waals surface area (Å²) in [5, 5.41) is 4.13. The monoisotopic (exact) mass is 367 g/mol. The molecule has 0 saturated heterocycles. The molecule has 7 heteroatoms. The zero-order valence-electron chi connectivity index (χ0n) is 15.8. The van der Waals surface area contributed by atoms with Crippen molar-refractivity contribution >= 4 is 15.7 Å². The molecular formula is C18H29N3O3S. The Morgan fingerprint density at radius 2 is 1.88 bits per heavy atom. The third-order valence-corrected chi connectivity index (χ3v) is 7.02. The van der Waals surface area contributed by atoms with Crippen LogP contribution in [0.5, 0.6) is 0 Å². The first kappa shape index (κ1) is 18.4. The average molecular weight is 368 g/mol. The molecule has 1 amide bonds. The highest BCUT2D eigenvalue weighted by atomic mass is 32.2. The molecule has 0 spiro atoms. The average Bonchev–Trinajstić information content (AvgIpc) is 3.03. The molecule has 0 bridgehead atoms. The molecule has 1 aromatic rings. The first-order chi connectivity index (χ1) is 11.5. The molecule has 0 aromatic carbocycles. The van der Waals surface area contributed by atoms with Crippen molar-refractivity contribution in [1.82, 2.24) is 14.7 Å². The van der Waals surface area contributed by atoms with E-state index in [0.29, 0.717) is 18.0 Å². The van der Waals surface area contributed by atoms with Crippen LogP contribution in [0, 0.1) is 0 Å². The van der Waals surface area contributed by atoms with Crippen LogP contribution in [0.3, 0.4) is 0 Å². The fourth-order valence-electron chi connectivity index (χ4n) is 3.89. The van der Waals surface area contributed by atoms with Crippen molar-refractivity contribution < 1.29 is 13.2 Å². The third-order valence-electron chi connectivity index (χ3n) is 5.37. The summed E-state index contributed by atoms with van der Waals surface area (Å²) in [5.74, 6) is 0.319. The van der Waals surface area contributed by atoms with Gasteiger partial charge in [0.25, 0.3) is 5.91 Å². The van der Waals surface area contributed by atoms with Gasteiger partial charge in [-0.15, -0.1) is 0 Å².